The highest BCUT2D eigenvalue weighted by Crippen LogP contribution is 2.26. The van der Waals surface area contributed by atoms with E-state index in [1.807, 2.05) is 24.3 Å². The molecule has 1 amide bonds. The zero-order chi connectivity index (χ0) is 20.3. The summed E-state index contributed by atoms with van der Waals surface area (Å²) in [7, 11) is 0. The number of amides is 1. The van der Waals surface area contributed by atoms with Crippen molar-refractivity contribution in [2.45, 2.75) is 39.2 Å². The predicted molar refractivity (Wildman–Crippen MR) is 110 cm³/mol. The van der Waals surface area contributed by atoms with Gasteiger partial charge < -0.3 is 10.1 Å². The molecule has 2 aromatic heterocycles. The third-order valence-electron chi connectivity index (χ3n) is 4.09. The number of rotatable bonds is 5. The SMILES string of the molecule is CC(Oc1ccc(Cl)cc1)C(=O)Nc1cc(C(C)(C)C)nn1-c1ccccn1. The van der Waals surface area contributed by atoms with Gasteiger partial charge in [0.15, 0.2) is 11.9 Å². The van der Waals surface area contributed by atoms with Crippen molar-refractivity contribution in [2.75, 3.05) is 5.32 Å². The first-order valence-electron chi connectivity index (χ1n) is 8.99. The van der Waals surface area contributed by atoms with E-state index in [1.54, 1.807) is 42.1 Å². The van der Waals surface area contributed by atoms with Crippen LogP contribution in [0, 0.1) is 0 Å². The lowest BCUT2D eigenvalue weighted by Gasteiger charge is -2.15. The summed E-state index contributed by atoms with van der Waals surface area (Å²) in [6.45, 7) is 7.89. The van der Waals surface area contributed by atoms with Crippen LogP contribution in [0.4, 0.5) is 5.82 Å². The van der Waals surface area contributed by atoms with Crippen molar-refractivity contribution < 1.29 is 9.53 Å². The quantitative estimate of drug-likeness (QED) is 0.680. The normalized spacial score (nSPS) is 12.5. The van der Waals surface area contributed by atoms with E-state index in [0.29, 0.717) is 22.4 Å². The Morgan fingerprint density at radius 1 is 1.18 bits per heavy atom. The van der Waals surface area contributed by atoms with Gasteiger partial charge in [-0.2, -0.15) is 9.78 Å². The second kappa shape index (κ2) is 8.02. The number of aromatic nitrogens is 3. The van der Waals surface area contributed by atoms with Crippen molar-refractivity contribution in [3.8, 4) is 11.6 Å². The van der Waals surface area contributed by atoms with Gasteiger partial charge in [0.1, 0.15) is 11.6 Å². The number of nitrogens with one attached hydrogen (secondary N) is 1. The zero-order valence-corrected chi connectivity index (χ0v) is 17.1. The second-order valence-electron chi connectivity index (χ2n) is 7.47. The van der Waals surface area contributed by atoms with Crippen LogP contribution in [0.25, 0.3) is 5.82 Å². The molecule has 0 aliphatic carbocycles. The first kappa shape index (κ1) is 19.9. The maximum absolute atomic E-state index is 12.7. The Hall–Kier alpha value is -2.86. The first-order chi connectivity index (χ1) is 13.2. The van der Waals surface area contributed by atoms with Crippen LogP contribution in [-0.2, 0) is 10.2 Å². The minimum atomic E-state index is -0.702. The van der Waals surface area contributed by atoms with E-state index in [4.69, 9.17) is 16.3 Å². The fourth-order valence-electron chi connectivity index (χ4n) is 2.49. The Morgan fingerprint density at radius 2 is 1.89 bits per heavy atom. The molecule has 2 heterocycles. The van der Waals surface area contributed by atoms with Gasteiger partial charge in [0.2, 0.25) is 0 Å². The molecule has 3 aromatic rings. The lowest BCUT2D eigenvalue weighted by Crippen LogP contribution is -2.31. The molecule has 146 valence electrons. The van der Waals surface area contributed by atoms with Crippen LogP contribution in [0.15, 0.2) is 54.7 Å². The number of halogens is 1. The summed E-state index contributed by atoms with van der Waals surface area (Å²) in [6.07, 6.45) is 0.984. The summed E-state index contributed by atoms with van der Waals surface area (Å²) < 4.78 is 7.34. The van der Waals surface area contributed by atoms with Crippen LogP contribution in [0.5, 0.6) is 5.75 Å². The molecule has 1 N–H and O–H groups in total. The Balaban J connectivity index is 1.83. The van der Waals surface area contributed by atoms with Crippen LogP contribution in [0.2, 0.25) is 5.02 Å². The van der Waals surface area contributed by atoms with Crippen LogP contribution < -0.4 is 10.1 Å². The lowest BCUT2D eigenvalue weighted by atomic mass is 9.92. The average molecular weight is 399 g/mol. The number of benzene rings is 1. The van der Waals surface area contributed by atoms with E-state index in [9.17, 15) is 4.79 Å². The van der Waals surface area contributed by atoms with Gasteiger partial charge in [-0.05, 0) is 43.3 Å². The number of carbonyl (C=O) groups excluding carboxylic acids is 1. The Morgan fingerprint density at radius 3 is 2.50 bits per heavy atom. The van der Waals surface area contributed by atoms with Crippen LogP contribution >= 0.6 is 11.6 Å². The second-order valence-corrected chi connectivity index (χ2v) is 7.90. The third kappa shape index (κ3) is 4.70. The van der Waals surface area contributed by atoms with Gasteiger partial charge in [0.25, 0.3) is 5.91 Å². The van der Waals surface area contributed by atoms with Crippen molar-refractivity contribution in [1.29, 1.82) is 0 Å². The maximum Gasteiger partial charge on any atom is 0.266 e. The molecule has 6 nitrogen and oxygen atoms in total. The lowest BCUT2D eigenvalue weighted by molar-refractivity contribution is -0.122. The molecular formula is C21H23ClN4O2. The molecule has 0 fully saturated rings. The van der Waals surface area contributed by atoms with Gasteiger partial charge in [-0.15, -0.1) is 0 Å². The zero-order valence-electron chi connectivity index (χ0n) is 16.3. The average Bonchev–Trinajstić information content (AvgIpc) is 3.08. The van der Waals surface area contributed by atoms with Crippen molar-refractivity contribution in [3.63, 3.8) is 0 Å². The molecule has 1 unspecified atom stereocenters. The number of ether oxygens (including phenoxy) is 1. The van der Waals surface area contributed by atoms with E-state index in [1.165, 1.54) is 0 Å². The fourth-order valence-corrected chi connectivity index (χ4v) is 2.61. The molecule has 0 aliphatic heterocycles. The summed E-state index contributed by atoms with van der Waals surface area (Å²) in [5.41, 5.74) is 0.671. The molecule has 3 rings (SSSR count). The molecule has 0 radical (unpaired) electrons. The minimum Gasteiger partial charge on any atom is -0.481 e. The summed E-state index contributed by atoms with van der Waals surface area (Å²) in [4.78, 5) is 17.0. The topological polar surface area (TPSA) is 69.0 Å². The number of hydrogen-bond donors (Lipinski definition) is 1. The van der Waals surface area contributed by atoms with Gasteiger partial charge >= 0.3 is 0 Å². The van der Waals surface area contributed by atoms with Gasteiger partial charge in [0.05, 0.1) is 5.69 Å². The molecule has 0 aliphatic rings. The van der Waals surface area contributed by atoms with E-state index in [2.05, 4.69) is 36.2 Å². The number of pyridine rings is 1. The molecule has 0 bridgehead atoms. The van der Waals surface area contributed by atoms with Gasteiger partial charge in [0, 0.05) is 22.7 Å². The molecule has 1 aromatic carbocycles. The minimum absolute atomic E-state index is 0.176. The molecule has 1 atom stereocenters. The summed E-state index contributed by atoms with van der Waals surface area (Å²) >= 11 is 5.88. The van der Waals surface area contributed by atoms with Gasteiger partial charge in [-0.1, -0.05) is 38.4 Å². The predicted octanol–water partition coefficient (Wildman–Crippen LogP) is 4.62. The molecule has 28 heavy (non-hydrogen) atoms. The van der Waals surface area contributed by atoms with Crippen molar-refractivity contribution in [3.05, 3.63) is 65.4 Å². The van der Waals surface area contributed by atoms with E-state index in [-0.39, 0.29) is 11.3 Å². The van der Waals surface area contributed by atoms with E-state index < -0.39 is 6.10 Å². The van der Waals surface area contributed by atoms with E-state index >= 15 is 0 Å². The fraction of sp³-hybridized carbons (Fsp3) is 0.286. The summed E-state index contributed by atoms with van der Waals surface area (Å²) in [5.74, 6) is 1.45. The molecule has 7 heteroatoms. The van der Waals surface area contributed by atoms with Crippen molar-refractivity contribution >= 4 is 23.3 Å². The number of nitrogens with zero attached hydrogens (tertiary/aromatic N) is 3. The highest BCUT2D eigenvalue weighted by atomic mass is 35.5. The molecule has 0 saturated heterocycles. The first-order valence-corrected chi connectivity index (χ1v) is 9.37. The van der Waals surface area contributed by atoms with Crippen molar-refractivity contribution in [1.82, 2.24) is 14.8 Å². The summed E-state index contributed by atoms with van der Waals surface area (Å²) in [5, 5.41) is 8.15. The highest BCUT2D eigenvalue weighted by Gasteiger charge is 2.23. The maximum atomic E-state index is 12.7. The standard InChI is InChI=1S/C21H23ClN4O2/c1-14(28-16-10-8-15(22)9-11-16)20(27)24-19-13-17(21(2,3)4)25-26(19)18-7-5-6-12-23-18/h5-14H,1-4H3,(H,24,27). The monoisotopic (exact) mass is 398 g/mol. The third-order valence-corrected chi connectivity index (χ3v) is 4.34. The van der Waals surface area contributed by atoms with E-state index in [0.717, 1.165) is 5.69 Å². The Bertz CT molecular complexity index is 947. The Kier molecular flexibility index (Phi) is 5.70. The van der Waals surface area contributed by atoms with Crippen LogP contribution in [-0.4, -0.2) is 26.8 Å². The number of hydrogen-bond acceptors (Lipinski definition) is 4. The van der Waals surface area contributed by atoms with Crippen LogP contribution in [0.3, 0.4) is 0 Å². The van der Waals surface area contributed by atoms with Gasteiger partial charge in [-0.25, -0.2) is 4.98 Å². The summed E-state index contributed by atoms with van der Waals surface area (Å²) in [6, 6.07) is 14.3. The molecule has 0 saturated carbocycles. The largest absolute Gasteiger partial charge is 0.481 e. The number of anilines is 1. The van der Waals surface area contributed by atoms with Crippen LogP contribution in [0.1, 0.15) is 33.4 Å². The van der Waals surface area contributed by atoms with Crippen molar-refractivity contribution in [2.24, 2.45) is 0 Å². The Labute approximate surface area is 169 Å². The highest BCUT2D eigenvalue weighted by molar-refractivity contribution is 6.30. The molecule has 0 spiro atoms. The van der Waals surface area contributed by atoms with Gasteiger partial charge in [-0.3, -0.25) is 4.79 Å². The number of carbonyl (C=O) groups is 1. The molecular weight excluding hydrogens is 376 g/mol. The smallest absolute Gasteiger partial charge is 0.266 e.